The van der Waals surface area contributed by atoms with Gasteiger partial charge in [0.25, 0.3) is 0 Å². The van der Waals surface area contributed by atoms with Gasteiger partial charge in [-0.05, 0) is 36.6 Å². The SMILES string of the molecule is COC(=O)c1cccc(C2CCNC2)c1. The molecule has 0 aliphatic carbocycles. The van der Waals surface area contributed by atoms with Crippen molar-refractivity contribution >= 4 is 5.97 Å². The van der Waals surface area contributed by atoms with Crippen LogP contribution in [0.15, 0.2) is 24.3 Å². The highest BCUT2D eigenvalue weighted by Gasteiger charge is 2.17. The molecule has 2 rings (SSSR count). The summed E-state index contributed by atoms with van der Waals surface area (Å²) in [6.07, 6.45) is 1.14. The number of ether oxygens (including phenoxy) is 1. The summed E-state index contributed by atoms with van der Waals surface area (Å²) in [4.78, 5) is 11.3. The Morgan fingerprint density at radius 2 is 2.40 bits per heavy atom. The molecule has 0 spiro atoms. The lowest BCUT2D eigenvalue weighted by Gasteiger charge is -2.09. The molecule has 0 amide bonds. The highest BCUT2D eigenvalue weighted by atomic mass is 16.5. The molecule has 80 valence electrons. The molecule has 0 radical (unpaired) electrons. The van der Waals surface area contributed by atoms with Crippen molar-refractivity contribution in [1.29, 1.82) is 0 Å². The molecule has 3 heteroatoms. The van der Waals surface area contributed by atoms with Crippen LogP contribution in [0.25, 0.3) is 0 Å². The predicted molar refractivity (Wildman–Crippen MR) is 58.0 cm³/mol. The number of carbonyl (C=O) groups excluding carboxylic acids is 1. The lowest BCUT2D eigenvalue weighted by Crippen LogP contribution is -2.08. The fourth-order valence-electron chi connectivity index (χ4n) is 1.98. The molecule has 15 heavy (non-hydrogen) atoms. The number of benzene rings is 1. The van der Waals surface area contributed by atoms with Gasteiger partial charge in [0.15, 0.2) is 0 Å². The first-order valence-electron chi connectivity index (χ1n) is 5.20. The number of methoxy groups -OCH3 is 1. The molecule has 3 nitrogen and oxygen atoms in total. The highest BCUT2D eigenvalue weighted by Crippen LogP contribution is 2.23. The molecule has 1 aliphatic rings. The van der Waals surface area contributed by atoms with Gasteiger partial charge in [-0.15, -0.1) is 0 Å². The van der Waals surface area contributed by atoms with Crippen molar-refractivity contribution in [3.8, 4) is 0 Å². The molecule has 1 atom stereocenters. The minimum Gasteiger partial charge on any atom is -0.465 e. The van der Waals surface area contributed by atoms with Crippen LogP contribution in [0.3, 0.4) is 0 Å². The van der Waals surface area contributed by atoms with E-state index in [-0.39, 0.29) is 5.97 Å². The van der Waals surface area contributed by atoms with Gasteiger partial charge in [0.2, 0.25) is 0 Å². The maximum Gasteiger partial charge on any atom is 0.337 e. The van der Waals surface area contributed by atoms with Crippen LogP contribution in [-0.4, -0.2) is 26.2 Å². The number of esters is 1. The van der Waals surface area contributed by atoms with Gasteiger partial charge in [-0.3, -0.25) is 0 Å². The zero-order chi connectivity index (χ0) is 10.7. The van der Waals surface area contributed by atoms with Gasteiger partial charge in [0.05, 0.1) is 12.7 Å². The molecule has 1 aromatic carbocycles. The lowest BCUT2D eigenvalue weighted by atomic mass is 9.97. The zero-order valence-corrected chi connectivity index (χ0v) is 8.82. The maximum atomic E-state index is 11.3. The zero-order valence-electron chi connectivity index (χ0n) is 8.82. The molecule has 1 fully saturated rings. The smallest absolute Gasteiger partial charge is 0.337 e. The molecule has 0 aromatic heterocycles. The van der Waals surface area contributed by atoms with Crippen LogP contribution in [0.4, 0.5) is 0 Å². The maximum absolute atomic E-state index is 11.3. The van der Waals surface area contributed by atoms with Crippen LogP contribution in [0, 0.1) is 0 Å². The van der Waals surface area contributed by atoms with Gasteiger partial charge in [0, 0.05) is 6.54 Å². The van der Waals surface area contributed by atoms with Crippen molar-refractivity contribution in [2.75, 3.05) is 20.2 Å². The topological polar surface area (TPSA) is 38.3 Å². The van der Waals surface area contributed by atoms with Crippen LogP contribution in [0.1, 0.15) is 28.3 Å². The summed E-state index contributed by atoms with van der Waals surface area (Å²) in [5, 5.41) is 3.32. The van der Waals surface area contributed by atoms with Gasteiger partial charge < -0.3 is 10.1 Å². The van der Waals surface area contributed by atoms with Gasteiger partial charge in [-0.1, -0.05) is 12.1 Å². The van der Waals surface area contributed by atoms with Gasteiger partial charge >= 0.3 is 5.97 Å². The molecule has 1 saturated heterocycles. The summed E-state index contributed by atoms with van der Waals surface area (Å²) < 4.78 is 4.70. The number of carbonyl (C=O) groups is 1. The summed E-state index contributed by atoms with van der Waals surface area (Å²) in [6, 6.07) is 7.71. The summed E-state index contributed by atoms with van der Waals surface area (Å²) in [5.74, 6) is 0.275. The quantitative estimate of drug-likeness (QED) is 0.744. The van der Waals surface area contributed by atoms with Crippen LogP contribution < -0.4 is 5.32 Å². The van der Waals surface area contributed by atoms with Crippen LogP contribution in [0.2, 0.25) is 0 Å². The summed E-state index contributed by atoms with van der Waals surface area (Å²) in [6.45, 7) is 2.07. The van der Waals surface area contributed by atoms with Gasteiger partial charge in [0.1, 0.15) is 0 Å². The number of hydrogen-bond acceptors (Lipinski definition) is 3. The third-order valence-electron chi connectivity index (χ3n) is 2.84. The molecule has 1 unspecified atom stereocenters. The monoisotopic (exact) mass is 205 g/mol. The average Bonchev–Trinajstić information content (AvgIpc) is 2.82. The Kier molecular flexibility index (Phi) is 3.02. The van der Waals surface area contributed by atoms with E-state index in [1.807, 2.05) is 12.1 Å². The van der Waals surface area contributed by atoms with Crippen molar-refractivity contribution in [1.82, 2.24) is 5.32 Å². The first-order chi connectivity index (χ1) is 7.31. The average molecular weight is 205 g/mol. The van der Waals surface area contributed by atoms with E-state index in [0.717, 1.165) is 19.5 Å². The lowest BCUT2D eigenvalue weighted by molar-refractivity contribution is 0.0600. The second kappa shape index (κ2) is 4.45. The van der Waals surface area contributed by atoms with Crippen LogP contribution in [-0.2, 0) is 4.74 Å². The summed E-state index contributed by atoms with van der Waals surface area (Å²) >= 11 is 0. The standard InChI is InChI=1S/C12H15NO2/c1-15-12(14)10-4-2-3-9(7-10)11-5-6-13-8-11/h2-4,7,11,13H,5-6,8H2,1H3. The van der Waals surface area contributed by atoms with E-state index in [1.54, 1.807) is 6.07 Å². The Morgan fingerprint density at radius 3 is 3.07 bits per heavy atom. The molecular weight excluding hydrogens is 190 g/mol. The fraction of sp³-hybridized carbons (Fsp3) is 0.417. The fourth-order valence-corrected chi connectivity index (χ4v) is 1.98. The normalized spacial score (nSPS) is 20.2. The number of rotatable bonds is 2. The van der Waals surface area contributed by atoms with E-state index in [1.165, 1.54) is 12.7 Å². The predicted octanol–water partition coefficient (Wildman–Crippen LogP) is 1.55. The minimum absolute atomic E-state index is 0.261. The second-order valence-electron chi connectivity index (χ2n) is 3.81. The second-order valence-corrected chi connectivity index (χ2v) is 3.81. The minimum atomic E-state index is -0.261. The molecule has 1 heterocycles. The highest BCUT2D eigenvalue weighted by molar-refractivity contribution is 5.89. The van der Waals surface area contributed by atoms with Gasteiger partial charge in [-0.2, -0.15) is 0 Å². The summed E-state index contributed by atoms with van der Waals surface area (Å²) in [7, 11) is 1.41. The van der Waals surface area contributed by atoms with E-state index in [0.29, 0.717) is 11.5 Å². The Hall–Kier alpha value is -1.35. The van der Waals surface area contributed by atoms with Crippen LogP contribution in [0.5, 0.6) is 0 Å². The van der Waals surface area contributed by atoms with Gasteiger partial charge in [-0.25, -0.2) is 4.79 Å². The molecule has 0 bridgehead atoms. The molecule has 1 aromatic rings. The van der Waals surface area contributed by atoms with E-state index >= 15 is 0 Å². The summed E-state index contributed by atoms with van der Waals surface area (Å²) in [5.41, 5.74) is 1.87. The van der Waals surface area contributed by atoms with Crippen molar-refractivity contribution in [3.05, 3.63) is 35.4 Å². The third-order valence-corrected chi connectivity index (χ3v) is 2.84. The first kappa shape index (κ1) is 10.2. The molecular formula is C12H15NO2. The Labute approximate surface area is 89.4 Å². The first-order valence-corrected chi connectivity index (χ1v) is 5.20. The van der Waals surface area contributed by atoms with E-state index in [4.69, 9.17) is 4.74 Å². The Balaban J connectivity index is 2.21. The molecule has 1 N–H and O–H groups in total. The van der Waals surface area contributed by atoms with Crippen molar-refractivity contribution in [2.24, 2.45) is 0 Å². The van der Waals surface area contributed by atoms with E-state index in [2.05, 4.69) is 11.4 Å². The Bertz CT molecular complexity index is 356. The third kappa shape index (κ3) is 2.18. The molecule has 0 saturated carbocycles. The Morgan fingerprint density at radius 1 is 1.53 bits per heavy atom. The molecule has 1 aliphatic heterocycles. The van der Waals surface area contributed by atoms with Crippen LogP contribution >= 0.6 is 0 Å². The van der Waals surface area contributed by atoms with Crippen molar-refractivity contribution in [3.63, 3.8) is 0 Å². The number of nitrogens with one attached hydrogen (secondary N) is 1. The van der Waals surface area contributed by atoms with Crippen molar-refractivity contribution < 1.29 is 9.53 Å². The van der Waals surface area contributed by atoms with E-state index < -0.39 is 0 Å². The van der Waals surface area contributed by atoms with Crippen molar-refractivity contribution in [2.45, 2.75) is 12.3 Å². The number of hydrogen-bond donors (Lipinski definition) is 1. The van der Waals surface area contributed by atoms with E-state index in [9.17, 15) is 4.79 Å². The largest absolute Gasteiger partial charge is 0.465 e.